The number of hydrogen-bond acceptors (Lipinski definition) is 2. The molecule has 0 spiro atoms. The molecule has 3 heteroatoms. The fourth-order valence-electron chi connectivity index (χ4n) is 1.40. The summed E-state index contributed by atoms with van der Waals surface area (Å²) in [6.45, 7) is 7.27. The minimum atomic E-state index is 0.662. The molecule has 1 unspecified atom stereocenters. The monoisotopic (exact) mass is 285 g/mol. The second-order valence-electron chi connectivity index (χ2n) is 4.00. The maximum absolute atomic E-state index is 5.66. The van der Waals surface area contributed by atoms with Crippen molar-refractivity contribution in [1.82, 2.24) is 5.32 Å². The lowest BCUT2D eigenvalue weighted by Gasteiger charge is -2.12. The lowest BCUT2D eigenvalue weighted by Crippen LogP contribution is -2.21. The highest BCUT2D eigenvalue weighted by atomic mass is 79.9. The van der Waals surface area contributed by atoms with E-state index in [-0.39, 0.29) is 0 Å². The van der Waals surface area contributed by atoms with Gasteiger partial charge in [-0.15, -0.1) is 0 Å². The molecule has 0 saturated heterocycles. The fraction of sp³-hybridized carbons (Fsp3) is 0.538. The number of halogens is 1. The van der Waals surface area contributed by atoms with Crippen LogP contribution in [0.3, 0.4) is 0 Å². The van der Waals surface area contributed by atoms with Gasteiger partial charge in [0.25, 0.3) is 0 Å². The molecule has 0 aliphatic rings. The van der Waals surface area contributed by atoms with Crippen LogP contribution in [-0.4, -0.2) is 19.7 Å². The van der Waals surface area contributed by atoms with E-state index in [0.29, 0.717) is 5.92 Å². The zero-order valence-electron chi connectivity index (χ0n) is 10.0. The number of ether oxygens (including phenoxy) is 1. The van der Waals surface area contributed by atoms with Gasteiger partial charge in [0.1, 0.15) is 5.75 Å². The zero-order chi connectivity index (χ0) is 11.8. The maximum Gasteiger partial charge on any atom is 0.119 e. The Hall–Kier alpha value is -0.540. The quantitative estimate of drug-likeness (QED) is 0.828. The summed E-state index contributed by atoms with van der Waals surface area (Å²) in [5.74, 6) is 1.61. The fourth-order valence-corrected chi connectivity index (χ4v) is 1.67. The van der Waals surface area contributed by atoms with E-state index in [4.69, 9.17) is 4.74 Å². The molecule has 0 aliphatic heterocycles. The van der Waals surface area contributed by atoms with Crippen molar-refractivity contribution >= 4 is 15.9 Å². The van der Waals surface area contributed by atoms with Crippen LogP contribution < -0.4 is 10.1 Å². The minimum absolute atomic E-state index is 0.662. The molecule has 16 heavy (non-hydrogen) atoms. The molecule has 0 aromatic heterocycles. The Morgan fingerprint density at radius 3 is 2.62 bits per heavy atom. The normalized spacial score (nSPS) is 12.4. The molecule has 0 radical (unpaired) electrons. The number of nitrogens with one attached hydrogen (secondary N) is 1. The Kier molecular flexibility index (Phi) is 6.50. The Morgan fingerprint density at radius 1 is 1.31 bits per heavy atom. The minimum Gasteiger partial charge on any atom is -0.494 e. The molecule has 1 aromatic rings. The van der Waals surface area contributed by atoms with Crippen molar-refractivity contribution in [1.29, 1.82) is 0 Å². The molecule has 2 nitrogen and oxygen atoms in total. The molecule has 90 valence electrons. The summed E-state index contributed by atoms with van der Waals surface area (Å²) in [6, 6.07) is 7.97. The Balaban J connectivity index is 2.17. The topological polar surface area (TPSA) is 21.3 Å². The van der Waals surface area contributed by atoms with Gasteiger partial charge in [0.2, 0.25) is 0 Å². The van der Waals surface area contributed by atoms with Crippen LogP contribution in [0.15, 0.2) is 28.7 Å². The standard InChI is InChI=1S/C13H20BrNO/c1-3-15-10-11(2)8-9-16-13-6-4-12(14)5-7-13/h4-7,11,15H,3,8-10H2,1-2H3. The third-order valence-corrected chi connectivity index (χ3v) is 2.96. The van der Waals surface area contributed by atoms with Crippen molar-refractivity contribution < 1.29 is 4.74 Å². The Morgan fingerprint density at radius 2 is 2.00 bits per heavy atom. The van der Waals surface area contributed by atoms with E-state index >= 15 is 0 Å². The van der Waals surface area contributed by atoms with E-state index in [1.807, 2.05) is 24.3 Å². The van der Waals surface area contributed by atoms with Crippen LogP contribution in [-0.2, 0) is 0 Å². The summed E-state index contributed by atoms with van der Waals surface area (Å²) in [5.41, 5.74) is 0. The Bertz CT molecular complexity index is 286. The van der Waals surface area contributed by atoms with Gasteiger partial charge in [0, 0.05) is 4.47 Å². The van der Waals surface area contributed by atoms with Crippen LogP contribution >= 0.6 is 15.9 Å². The number of hydrogen-bond donors (Lipinski definition) is 1. The van der Waals surface area contributed by atoms with E-state index < -0.39 is 0 Å². The summed E-state index contributed by atoms with van der Waals surface area (Å²) in [4.78, 5) is 0. The molecular formula is C13H20BrNO. The van der Waals surface area contributed by atoms with E-state index in [2.05, 4.69) is 35.1 Å². The lowest BCUT2D eigenvalue weighted by atomic mass is 10.1. The van der Waals surface area contributed by atoms with E-state index in [0.717, 1.165) is 36.3 Å². The first-order valence-corrected chi connectivity index (χ1v) is 6.60. The molecule has 0 aliphatic carbocycles. The smallest absolute Gasteiger partial charge is 0.119 e. The molecule has 0 amide bonds. The predicted molar refractivity (Wildman–Crippen MR) is 72.0 cm³/mol. The van der Waals surface area contributed by atoms with E-state index in [9.17, 15) is 0 Å². The molecule has 1 aromatic carbocycles. The van der Waals surface area contributed by atoms with E-state index in [1.54, 1.807) is 0 Å². The van der Waals surface area contributed by atoms with Crippen LogP contribution in [0, 0.1) is 5.92 Å². The van der Waals surface area contributed by atoms with Crippen molar-refractivity contribution in [2.75, 3.05) is 19.7 Å². The van der Waals surface area contributed by atoms with Crippen LogP contribution in [0.2, 0.25) is 0 Å². The van der Waals surface area contributed by atoms with Gasteiger partial charge in [-0.2, -0.15) is 0 Å². The summed E-state index contributed by atoms with van der Waals surface area (Å²) in [5, 5.41) is 3.34. The van der Waals surface area contributed by atoms with Gasteiger partial charge in [-0.1, -0.05) is 29.8 Å². The summed E-state index contributed by atoms with van der Waals surface area (Å²) < 4.78 is 6.75. The summed E-state index contributed by atoms with van der Waals surface area (Å²) in [6.07, 6.45) is 1.09. The molecule has 0 saturated carbocycles. The van der Waals surface area contributed by atoms with Crippen LogP contribution in [0.4, 0.5) is 0 Å². The molecule has 1 rings (SSSR count). The van der Waals surface area contributed by atoms with Gasteiger partial charge in [0.05, 0.1) is 6.61 Å². The number of benzene rings is 1. The SMILES string of the molecule is CCNCC(C)CCOc1ccc(Br)cc1. The van der Waals surface area contributed by atoms with Crippen molar-refractivity contribution in [2.24, 2.45) is 5.92 Å². The van der Waals surface area contributed by atoms with Gasteiger partial charge in [-0.25, -0.2) is 0 Å². The second-order valence-corrected chi connectivity index (χ2v) is 4.92. The lowest BCUT2D eigenvalue weighted by molar-refractivity contribution is 0.281. The summed E-state index contributed by atoms with van der Waals surface area (Å²) >= 11 is 3.40. The first-order valence-electron chi connectivity index (χ1n) is 5.81. The van der Waals surface area contributed by atoms with Crippen molar-refractivity contribution in [3.63, 3.8) is 0 Å². The van der Waals surface area contributed by atoms with Gasteiger partial charge < -0.3 is 10.1 Å². The van der Waals surface area contributed by atoms with Gasteiger partial charge in [0.15, 0.2) is 0 Å². The van der Waals surface area contributed by atoms with Crippen LogP contribution in [0.1, 0.15) is 20.3 Å². The molecule has 1 N–H and O–H groups in total. The zero-order valence-corrected chi connectivity index (χ0v) is 11.6. The highest BCUT2D eigenvalue weighted by molar-refractivity contribution is 9.10. The van der Waals surface area contributed by atoms with Gasteiger partial charge >= 0.3 is 0 Å². The van der Waals surface area contributed by atoms with Gasteiger partial charge in [-0.3, -0.25) is 0 Å². The van der Waals surface area contributed by atoms with Gasteiger partial charge in [-0.05, 0) is 49.7 Å². The molecule has 0 bridgehead atoms. The highest BCUT2D eigenvalue weighted by Crippen LogP contribution is 2.16. The number of rotatable bonds is 7. The van der Waals surface area contributed by atoms with Crippen LogP contribution in [0.25, 0.3) is 0 Å². The van der Waals surface area contributed by atoms with Crippen molar-refractivity contribution in [2.45, 2.75) is 20.3 Å². The highest BCUT2D eigenvalue weighted by Gasteiger charge is 2.01. The molecule has 1 atom stereocenters. The third kappa shape index (κ3) is 5.52. The Labute approximate surface area is 107 Å². The molecule has 0 fully saturated rings. The largest absolute Gasteiger partial charge is 0.494 e. The molecule has 0 heterocycles. The van der Waals surface area contributed by atoms with Crippen molar-refractivity contribution in [3.8, 4) is 5.75 Å². The molecular weight excluding hydrogens is 266 g/mol. The van der Waals surface area contributed by atoms with E-state index in [1.165, 1.54) is 0 Å². The summed E-state index contributed by atoms with van der Waals surface area (Å²) in [7, 11) is 0. The second kappa shape index (κ2) is 7.69. The maximum atomic E-state index is 5.66. The van der Waals surface area contributed by atoms with Crippen molar-refractivity contribution in [3.05, 3.63) is 28.7 Å². The third-order valence-electron chi connectivity index (χ3n) is 2.44. The first-order chi connectivity index (χ1) is 7.72. The van der Waals surface area contributed by atoms with Crippen LogP contribution in [0.5, 0.6) is 5.75 Å². The average Bonchev–Trinajstić information content (AvgIpc) is 2.29. The average molecular weight is 286 g/mol. The predicted octanol–water partition coefficient (Wildman–Crippen LogP) is 3.46. The first kappa shape index (κ1) is 13.5.